The predicted molar refractivity (Wildman–Crippen MR) is 110 cm³/mol. The molecule has 0 heterocycles. The van der Waals surface area contributed by atoms with Gasteiger partial charge in [0.2, 0.25) is 0 Å². The van der Waals surface area contributed by atoms with Crippen LogP contribution in [0.2, 0.25) is 5.02 Å². The van der Waals surface area contributed by atoms with Gasteiger partial charge in [-0.3, -0.25) is 19.6 Å². The first-order valence-corrected chi connectivity index (χ1v) is 10.1. The molecule has 0 fully saturated rings. The summed E-state index contributed by atoms with van der Waals surface area (Å²) in [5.74, 6) is -0.567. The zero-order valence-corrected chi connectivity index (χ0v) is 16.3. The maximum atomic E-state index is 12.3. The normalized spacial score (nSPS) is 10.9. The number of amides is 1. The highest BCUT2D eigenvalue weighted by Gasteiger charge is 2.17. The summed E-state index contributed by atoms with van der Waals surface area (Å²) in [5.41, 5.74) is 0.393. The summed E-state index contributed by atoms with van der Waals surface area (Å²) in [5, 5.41) is 13.5. The largest absolute Gasteiger partial charge is 0.322 e. The second kappa shape index (κ2) is 8.29. The number of nitrogens with one attached hydrogen (secondary N) is 2. The van der Waals surface area contributed by atoms with Gasteiger partial charge in [-0.2, -0.15) is 0 Å². The highest BCUT2D eigenvalue weighted by molar-refractivity contribution is 7.92. The van der Waals surface area contributed by atoms with Crippen LogP contribution in [0.15, 0.2) is 77.7 Å². The van der Waals surface area contributed by atoms with Crippen molar-refractivity contribution < 1.29 is 18.1 Å². The van der Waals surface area contributed by atoms with Crippen molar-refractivity contribution >= 4 is 44.6 Å². The van der Waals surface area contributed by atoms with Gasteiger partial charge in [0.25, 0.3) is 21.6 Å². The van der Waals surface area contributed by atoms with Crippen LogP contribution in [0.5, 0.6) is 0 Å². The fourth-order valence-corrected chi connectivity index (χ4v) is 3.70. The van der Waals surface area contributed by atoms with Gasteiger partial charge in [0, 0.05) is 23.0 Å². The molecule has 0 aliphatic heterocycles. The maximum Gasteiger partial charge on any atom is 0.288 e. The van der Waals surface area contributed by atoms with Crippen LogP contribution in [-0.4, -0.2) is 19.2 Å². The average molecular weight is 432 g/mol. The van der Waals surface area contributed by atoms with Gasteiger partial charge in [-0.15, -0.1) is 0 Å². The van der Waals surface area contributed by atoms with E-state index in [-0.39, 0.29) is 21.2 Å². The number of hydrogen-bond acceptors (Lipinski definition) is 5. The number of nitrogens with zero attached hydrogens (tertiary/aromatic N) is 1. The Balaban J connectivity index is 1.72. The molecule has 0 saturated heterocycles. The lowest BCUT2D eigenvalue weighted by Crippen LogP contribution is -2.14. The molecule has 0 atom stereocenters. The first-order chi connectivity index (χ1) is 13.8. The number of rotatable bonds is 6. The summed E-state index contributed by atoms with van der Waals surface area (Å²) >= 11 is 5.74. The van der Waals surface area contributed by atoms with Crippen molar-refractivity contribution in [2.45, 2.75) is 4.90 Å². The van der Waals surface area contributed by atoms with Crippen LogP contribution >= 0.6 is 11.6 Å². The minimum Gasteiger partial charge on any atom is -0.322 e. The third-order valence-corrected chi connectivity index (χ3v) is 5.57. The molecule has 2 N–H and O–H groups in total. The number of anilines is 2. The van der Waals surface area contributed by atoms with E-state index >= 15 is 0 Å². The molecule has 148 valence electrons. The number of sulfonamides is 1. The summed E-state index contributed by atoms with van der Waals surface area (Å²) in [6.45, 7) is 0. The lowest BCUT2D eigenvalue weighted by atomic mass is 10.2. The molecule has 0 saturated carbocycles. The minimum atomic E-state index is -3.72. The predicted octanol–water partition coefficient (Wildman–Crippen LogP) is 4.30. The second-order valence-electron chi connectivity index (χ2n) is 5.87. The molecule has 0 spiro atoms. The van der Waals surface area contributed by atoms with Crippen molar-refractivity contribution in [3.63, 3.8) is 0 Å². The van der Waals surface area contributed by atoms with Gasteiger partial charge in [-0.05, 0) is 48.5 Å². The molecule has 10 heteroatoms. The maximum absolute atomic E-state index is 12.3. The monoisotopic (exact) mass is 431 g/mol. The SMILES string of the molecule is O=C(Nc1ccc(NS(=O)(=O)c2ccccc2)cc1)c1ccc(Cl)c([N+](=O)[O-])c1. The highest BCUT2D eigenvalue weighted by atomic mass is 35.5. The first-order valence-electron chi connectivity index (χ1n) is 8.19. The molecular weight excluding hydrogens is 418 g/mol. The smallest absolute Gasteiger partial charge is 0.288 e. The Morgan fingerprint density at radius 3 is 2.17 bits per heavy atom. The van der Waals surface area contributed by atoms with Crippen molar-refractivity contribution in [3.05, 3.63) is 93.5 Å². The molecule has 8 nitrogen and oxygen atoms in total. The van der Waals surface area contributed by atoms with Crippen LogP contribution in [0.3, 0.4) is 0 Å². The number of benzene rings is 3. The lowest BCUT2D eigenvalue weighted by molar-refractivity contribution is -0.384. The quantitative estimate of drug-likeness (QED) is 0.445. The Morgan fingerprint density at radius 1 is 0.931 bits per heavy atom. The molecule has 1 amide bonds. The van der Waals surface area contributed by atoms with Crippen LogP contribution in [0.4, 0.5) is 17.1 Å². The van der Waals surface area contributed by atoms with Gasteiger partial charge in [0.05, 0.1) is 9.82 Å². The Labute approximate surface area is 171 Å². The number of carbonyl (C=O) groups excluding carboxylic acids is 1. The molecule has 3 aromatic carbocycles. The molecule has 0 radical (unpaired) electrons. The van der Waals surface area contributed by atoms with E-state index in [4.69, 9.17) is 11.6 Å². The van der Waals surface area contributed by atoms with E-state index < -0.39 is 20.9 Å². The van der Waals surface area contributed by atoms with Crippen LogP contribution in [-0.2, 0) is 10.0 Å². The van der Waals surface area contributed by atoms with Gasteiger partial charge in [-0.1, -0.05) is 29.8 Å². The molecule has 0 aliphatic rings. The third-order valence-electron chi connectivity index (χ3n) is 3.85. The van der Waals surface area contributed by atoms with E-state index in [9.17, 15) is 23.3 Å². The van der Waals surface area contributed by atoms with E-state index in [0.29, 0.717) is 11.4 Å². The third kappa shape index (κ3) is 4.89. The van der Waals surface area contributed by atoms with E-state index in [1.165, 1.54) is 48.5 Å². The number of hydrogen-bond donors (Lipinski definition) is 2. The van der Waals surface area contributed by atoms with Crippen molar-refractivity contribution in [1.29, 1.82) is 0 Å². The Kier molecular flexibility index (Phi) is 5.81. The summed E-state index contributed by atoms with van der Waals surface area (Å²) in [6, 6.07) is 17.6. The highest BCUT2D eigenvalue weighted by Crippen LogP contribution is 2.26. The van der Waals surface area contributed by atoms with Gasteiger partial charge in [0.15, 0.2) is 0 Å². The number of carbonyl (C=O) groups is 1. The molecule has 0 aromatic heterocycles. The minimum absolute atomic E-state index is 0.0648. The van der Waals surface area contributed by atoms with E-state index in [0.717, 1.165) is 6.07 Å². The molecule has 0 bridgehead atoms. The van der Waals surface area contributed by atoms with Crippen molar-refractivity contribution in [2.24, 2.45) is 0 Å². The standard InChI is InChI=1S/C19H14ClN3O5S/c20-17-11-6-13(12-18(17)23(25)26)19(24)21-14-7-9-15(10-8-14)22-29(27,28)16-4-2-1-3-5-16/h1-12,22H,(H,21,24). The van der Waals surface area contributed by atoms with Crippen molar-refractivity contribution in [2.75, 3.05) is 10.0 Å². The summed E-state index contributed by atoms with van der Waals surface area (Å²) in [4.78, 5) is 22.7. The lowest BCUT2D eigenvalue weighted by Gasteiger charge is -2.10. The number of halogens is 1. The van der Waals surface area contributed by atoms with Crippen LogP contribution in [0.25, 0.3) is 0 Å². The summed E-state index contributed by atoms with van der Waals surface area (Å²) in [7, 11) is -3.72. The topological polar surface area (TPSA) is 118 Å². The fourth-order valence-electron chi connectivity index (χ4n) is 2.43. The fraction of sp³-hybridized carbons (Fsp3) is 0. The van der Waals surface area contributed by atoms with Gasteiger partial charge in [-0.25, -0.2) is 8.42 Å². The molecule has 29 heavy (non-hydrogen) atoms. The Bertz CT molecular complexity index is 1170. The molecule has 0 aliphatic carbocycles. The zero-order valence-electron chi connectivity index (χ0n) is 14.7. The zero-order chi connectivity index (χ0) is 21.0. The summed E-state index contributed by atoms with van der Waals surface area (Å²) < 4.78 is 27.1. The van der Waals surface area contributed by atoms with E-state index in [1.54, 1.807) is 18.2 Å². The summed E-state index contributed by atoms with van der Waals surface area (Å²) in [6.07, 6.45) is 0. The molecular formula is C19H14ClN3O5S. The van der Waals surface area contributed by atoms with Crippen molar-refractivity contribution in [3.8, 4) is 0 Å². The van der Waals surface area contributed by atoms with E-state index in [1.807, 2.05) is 0 Å². The molecule has 3 rings (SSSR count). The first kappa shape index (κ1) is 20.3. The van der Waals surface area contributed by atoms with Crippen LogP contribution in [0.1, 0.15) is 10.4 Å². The van der Waals surface area contributed by atoms with Crippen LogP contribution in [0, 0.1) is 10.1 Å². The van der Waals surface area contributed by atoms with Gasteiger partial charge >= 0.3 is 0 Å². The van der Waals surface area contributed by atoms with Gasteiger partial charge in [0.1, 0.15) is 5.02 Å². The number of nitro groups is 1. The van der Waals surface area contributed by atoms with Gasteiger partial charge < -0.3 is 5.32 Å². The Morgan fingerprint density at radius 2 is 1.55 bits per heavy atom. The number of nitro benzene ring substituents is 1. The molecule has 3 aromatic rings. The van der Waals surface area contributed by atoms with Crippen LogP contribution < -0.4 is 10.0 Å². The Hall–Kier alpha value is -3.43. The second-order valence-corrected chi connectivity index (χ2v) is 7.96. The van der Waals surface area contributed by atoms with Crippen molar-refractivity contribution in [1.82, 2.24) is 0 Å². The van der Waals surface area contributed by atoms with E-state index in [2.05, 4.69) is 10.0 Å². The average Bonchev–Trinajstić information content (AvgIpc) is 2.70. The molecule has 0 unspecified atom stereocenters.